The van der Waals surface area contributed by atoms with Crippen molar-refractivity contribution in [3.8, 4) is 11.5 Å². The van der Waals surface area contributed by atoms with Crippen LogP contribution in [0.2, 0.25) is 0 Å². The Kier molecular flexibility index (Phi) is 5.95. The molecule has 0 heterocycles. The molecular weight excluding hydrogens is 318 g/mol. The van der Waals surface area contributed by atoms with E-state index >= 15 is 0 Å². The maximum absolute atomic E-state index is 12.1. The van der Waals surface area contributed by atoms with Gasteiger partial charge >= 0.3 is 12.6 Å². The van der Waals surface area contributed by atoms with Crippen molar-refractivity contribution in [1.29, 1.82) is 0 Å². The number of alkyl halides is 2. The molecule has 128 valence electrons. The Morgan fingerprint density at radius 2 is 1.25 bits per heavy atom. The van der Waals surface area contributed by atoms with Crippen LogP contribution in [0.3, 0.4) is 0 Å². The third kappa shape index (κ3) is 5.75. The minimum Gasteiger partial charge on any atom is -0.491 e. The molecule has 0 atom stereocenters. The SMILES string of the molecule is CC(C)Oc1ccc(NC(=O)Nc2ccc(OC(F)F)cc2)cc1. The van der Waals surface area contributed by atoms with Gasteiger partial charge in [0, 0.05) is 11.4 Å². The topological polar surface area (TPSA) is 59.6 Å². The van der Waals surface area contributed by atoms with Crippen LogP contribution in [0.25, 0.3) is 0 Å². The van der Waals surface area contributed by atoms with Crippen LogP contribution in [0.5, 0.6) is 11.5 Å². The van der Waals surface area contributed by atoms with Crippen molar-refractivity contribution in [2.45, 2.75) is 26.6 Å². The molecule has 0 bridgehead atoms. The molecule has 24 heavy (non-hydrogen) atoms. The lowest BCUT2D eigenvalue weighted by molar-refractivity contribution is -0.0498. The van der Waals surface area contributed by atoms with Crippen LogP contribution >= 0.6 is 0 Å². The van der Waals surface area contributed by atoms with Gasteiger partial charge in [-0.15, -0.1) is 0 Å². The molecule has 2 N–H and O–H groups in total. The lowest BCUT2D eigenvalue weighted by Crippen LogP contribution is -2.19. The molecule has 7 heteroatoms. The van der Waals surface area contributed by atoms with E-state index in [0.717, 1.165) is 0 Å². The molecule has 0 aliphatic heterocycles. The van der Waals surface area contributed by atoms with Gasteiger partial charge in [0.2, 0.25) is 0 Å². The molecule has 0 fully saturated rings. The summed E-state index contributed by atoms with van der Waals surface area (Å²) < 4.78 is 33.9. The monoisotopic (exact) mass is 336 g/mol. The fraction of sp³-hybridized carbons (Fsp3) is 0.235. The van der Waals surface area contributed by atoms with Gasteiger partial charge in [-0.25, -0.2) is 4.79 Å². The molecule has 0 spiro atoms. The average Bonchev–Trinajstić information content (AvgIpc) is 2.50. The summed E-state index contributed by atoms with van der Waals surface area (Å²) in [6, 6.07) is 12.1. The van der Waals surface area contributed by atoms with E-state index < -0.39 is 12.6 Å². The van der Waals surface area contributed by atoms with Crippen molar-refractivity contribution in [3.63, 3.8) is 0 Å². The number of carbonyl (C=O) groups is 1. The Morgan fingerprint density at radius 3 is 1.62 bits per heavy atom. The number of halogens is 2. The van der Waals surface area contributed by atoms with Crippen LogP contribution < -0.4 is 20.1 Å². The minimum atomic E-state index is -2.88. The first-order valence-electron chi connectivity index (χ1n) is 7.32. The highest BCUT2D eigenvalue weighted by molar-refractivity contribution is 5.99. The number of urea groups is 1. The predicted octanol–water partition coefficient (Wildman–Crippen LogP) is 4.72. The Bertz CT molecular complexity index is 601. The lowest BCUT2D eigenvalue weighted by atomic mass is 10.3. The predicted molar refractivity (Wildman–Crippen MR) is 87.9 cm³/mol. The van der Waals surface area contributed by atoms with Gasteiger partial charge in [-0.2, -0.15) is 8.78 Å². The van der Waals surface area contributed by atoms with E-state index in [-0.39, 0.29) is 11.9 Å². The first-order chi connectivity index (χ1) is 11.4. The quantitative estimate of drug-likeness (QED) is 0.802. The van der Waals surface area contributed by atoms with Gasteiger partial charge < -0.3 is 20.1 Å². The van der Waals surface area contributed by atoms with Gasteiger partial charge in [0.15, 0.2) is 0 Å². The van der Waals surface area contributed by atoms with Crippen molar-refractivity contribution >= 4 is 17.4 Å². The minimum absolute atomic E-state index is 0.0247. The maximum Gasteiger partial charge on any atom is 0.387 e. The number of rotatable bonds is 6. The van der Waals surface area contributed by atoms with Gasteiger partial charge in [-0.05, 0) is 62.4 Å². The van der Waals surface area contributed by atoms with Crippen LogP contribution in [-0.2, 0) is 0 Å². The standard InChI is InChI=1S/C17H18F2N2O3/c1-11(2)23-14-7-3-12(4-8-14)20-17(22)21-13-5-9-15(10-6-13)24-16(18)19/h3-11,16H,1-2H3,(H2,20,21,22). The molecule has 2 aromatic rings. The van der Waals surface area contributed by atoms with E-state index in [1.54, 1.807) is 24.3 Å². The zero-order valence-corrected chi connectivity index (χ0v) is 13.3. The van der Waals surface area contributed by atoms with Crippen molar-refractivity contribution in [3.05, 3.63) is 48.5 Å². The Balaban J connectivity index is 1.88. The molecule has 0 unspecified atom stereocenters. The summed E-state index contributed by atoms with van der Waals surface area (Å²) >= 11 is 0. The van der Waals surface area contributed by atoms with Gasteiger partial charge in [-0.1, -0.05) is 0 Å². The van der Waals surface area contributed by atoms with E-state index in [9.17, 15) is 13.6 Å². The van der Waals surface area contributed by atoms with Gasteiger partial charge in [0.05, 0.1) is 6.10 Å². The summed E-state index contributed by atoms with van der Waals surface area (Å²) in [5.74, 6) is 0.738. The fourth-order valence-corrected chi connectivity index (χ4v) is 1.90. The fourth-order valence-electron chi connectivity index (χ4n) is 1.90. The smallest absolute Gasteiger partial charge is 0.387 e. The van der Waals surface area contributed by atoms with Crippen molar-refractivity contribution < 1.29 is 23.0 Å². The first-order valence-corrected chi connectivity index (χ1v) is 7.32. The number of carbonyl (C=O) groups excluding carboxylic acids is 1. The molecule has 0 saturated carbocycles. The summed E-state index contributed by atoms with van der Waals surface area (Å²) in [5, 5.41) is 5.25. The molecule has 2 aromatic carbocycles. The van der Waals surface area contributed by atoms with E-state index in [1.807, 2.05) is 13.8 Å². The van der Waals surface area contributed by atoms with Crippen LogP contribution in [0.1, 0.15) is 13.8 Å². The summed E-state index contributed by atoms with van der Waals surface area (Å²) in [5.41, 5.74) is 1.05. The highest BCUT2D eigenvalue weighted by Crippen LogP contribution is 2.19. The van der Waals surface area contributed by atoms with Crippen molar-refractivity contribution in [2.75, 3.05) is 10.6 Å². The van der Waals surface area contributed by atoms with Crippen LogP contribution in [0.15, 0.2) is 48.5 Å². The largest absolute Gasteiger partial charge is 0.491 e. The van der Waals surface area contributed by atoms with E-state index in [4.69, 9.17) is 4.74 Å². The molecule has 5 nitrogen and oxygen atoms in total. The van der Waals surface area contributed by atoms with E-state index in [1.165, 1.54) is 24.3 Å². The maximum atomic E-state index is 12.1. The molecular formula is C17H18F2N2O3. The van der Waals surface area contributed by atoms with Gasteiger partial charge in [-0.3, -0.25) is 0 Å². The molecule has 0 aliphatic carbocycles. The number of ether oxygens (including phenoxy) is 2. The number of hydrogen-bond acceptors (Lipinski definition) is 3. The molecule has 2 amide bonds. The molecule has 0 radical (unpaired) electrons. The van der Waals surface area contributed by atoms with Gasteiger partial charge in [0.25, 0.3) is 0 Å². The molecule has 0 aromatic heterocycles. The normalized spacial score (nSPS) is 10.6. The van der Waals surface area contributed by atoms with Crippen molar-refractivity contribution in [1.82, 2.24) is 0 Å². The molecule has 0 aliphatic rings. The Hall–Kier alpha value is -2.83. The molecule has 2 rings (SSSR count). The second-order valence-electron chi connectivity index (χ2n) is 5.17. The van der Waals surface area contributed by atoms with E-state index in [2.05, 4.69) is 15.4 Å². The number of hydrogen-bond donors (Lipinski definition) is 2. The second-order valence-corrected chi connectivity index (χ2v) is 5.17. The molecule has 0 saturated heterocycles. The van der Waals surface area contributed by atoms with Crippen LogP contribution in [0, 0.1) is 0 Å². The average molecular weight is 336 g/mol. The highest BCUT2D eigenvalue weighted by Gasteiger charge is 2.06. The number of nitrogens with one attached hydrogen (secondary N) is 2. The Morgan fingerprint density at radius 1 is 0.833 bits per heavy atom. The number of amides is 2. The van der Waals surface area contributed by atoms with Gasteiger partial charge in [0.1, 0.15) is 11.5 Å². The third-order valence-electron chi connectivity index (χ3n) is 2.82. The Labute approximate surface area is 138 Å². The van der Waals surface area contributed by atoms with Crippen molar-refractivity contribution in [2.24, 2.45) is 0 Å². The summed E-state index contributed by atoms with van der Waals surface area (Å²) in [6.07, 6.45) is 0.0733. The zero-order chi connectivity index (χ0) is 17.5. The summed E-state index contributed by atoms with van der Waals surface area (Å²) in [4.78, 5) is 11.9. The van der Waals surface area contributed by atoms with Crippen LogP contribution in [-0.4, -0.2) is 18.7 Å². The summed E-state index contributed by atoms with van der Waals surface area (Å²) in [6.45, 7) is 0.976. The number of benzene rings is 2. The van der Waals surface area contributed by atoms with E-state index in [0.29, 0.717) is 17.1 Å². The third-order valence-corrected chi connectivity index (χ3v) is 2.82. The lowest BCUT2D eigenvalue weighted by Gasteiger charge is -2.11. The highest BCUT2D eigenvalue weighted by atomic mass is 19.3. The number of anilines is 2. The first kappa shape index (κ1) is 17.5. The van der Waals surface area contributed by atoms with Crippen LogP contribution in [0.4, 0.5) is 25.0 Å². The zero-order valence-electron chi connectivity index (χ0n) is 13.3. The summed E-state index contributed by atoms with van der Waals surface area (Å²) in [7, 11) is 0. The second kappa shape index (κ2) is 8.14.